The van der Waals surface area contributed by atoms with Crippen molar-refractivity contribution in [2.45, 2.75) is 71.1 Å². The van der Waals surface area contributed by atoms with Crippen LogP contribution in [-0.4, -0.2) is 48.0 Å². The maximum absolute atomic E-state index is 14.2. The number of fused-ring (bicyclic) bond motifs is 1. The van der Waals surface area contributed by atoms with Crippen LogP contribution in [0.25, 0.3) is 10.9 Å². The number of carbonyl (C=O) groups excluding carboxylic acids is 1. The predicted octanol–water partition coefficient (Wildman–Crippen LogP) is 5.21. The molecule has 2 aliphatic rings. The molecule has 34 heavy (non-hydrogen) atoms. The van der Waals surface area contributed by atoms with E-state index in [0.29, 0.717) is 11.6 Å². The van der Waals surface area contributed by atoms with Crippen molar-refractivity contribution >= 4 is 23.2 Å². The van der Waals surface area contributed by atoms with Gasteiger partial charge in [-0.1, -0.05) is 19.0 Å². The lowest BCUT2D eigenvalue weighted by molar-refractivity contribution is 0.0876. The van der Waals surface area contributed by atoms with E-state index < -0.39 is 6.09 Å². The standard InChI is InChI=1S/C26H37FN4O3/c1-17(2)18-4-7-20(8-5-18)30-12-10-21(11-13-30)31-24-9-6-19(27)14-22(24)23(15-29-33-3)25(31)16-34-26(28)32/h6,9,14-15,17-18,20-21H,4-5,7-8,10-13,16H2,1-3H3,(H2,28,32)/b29-15-. The van der Waals surface area contributed by atoms with E-state index in [1.165, 1.54) is 44.9 Å². The van der Waals surface area contributed by atoms with Crippen molar-refractivity contribution in [1.82, 2.24) is 9.47 Å². The molecule has 1 saturated heterocycles. The molecule has 4 rings (SSSR count). The zero-order chi connectivity index (χ0) is 24.2. The lowest BCUT2D eigenvalue weighted by Gasteiger charge is -2.42. The van der Waals surface area contributed by atoms with E-state index in [-0.39, 0.29) is 18.5 Å². The molecule has 1 aliphatic heterocycles. The van der Waals surface area contributed by atoms with Crippen molar-refractivity contribution in [3.63, 3.8) is 0 Å². The number of ether oxygens (including phenoxy) is 1. The molecule has 0 unspecified atom stereocenters. The van der Waals surface area contributed by atoms with Gasteiger partial charge in [0.1, 0.15) is 19.5 Å². The quantitative estimate of drug-likeness (QED) is 0.443. The molecule has 8 heteroatoms. The van der Waals surface area contributed by atoms with Gasteiger partial charge in [-0.15, -0.1) is 0 Å². The third-order valence-electron chi connectivity index (χ3n) is 7.81. The van der Waals surface area contributed by atoms with Gasteiger partial charge in [0.2, 0.25) is 0 Å². The van der Waals surface area contributed by atoms with Crippen LogP contribution in [0.4, 0.5) is 9.18 Å². The third kappa shape index (κ3) is 5.22. The van der Waals surface area contributed by atoms with Crippen LogP contribution in [-0.2, 0) is 16.2 Å². The molecule has 1 aliphatic carbocycles. The van der Waals surface area contributed by atoms with Crippen molar-refractivity contribution < 1.29 is 18.8 Å². The van der Waals surface area contributed by atoms with Gasteiger partial charge in [-0.25, -0.2) is 9.18 Å². The van der Waals surface area contributed by atoms with Crippen LogP contribution in [0.15, 0.2) is 23.4 Å². The smallest absolute Gasteiger partial charge is 0.404 e. The van der Waals surface area contributed by atoms with E-state index in [1.807, 2.05) is 0 Å². The Kier molecular flexibility index (Phi) is 7.76. The average molecular weight is 473 g/mol. The Bertz CT molecular complexity index is 1020. The van der Waals surface area contributed by atoms with Crippen LogP contribution in [0.1, 0.15) is 69.7 Å². The van der Waals surface area contributed by atoms with E-state index in [4.69, 9.17) is 15.3 Å². The summed E-state index contributed by atoms with van der Waals surface area (Å²) in [6.07, 6.45) is 7.90. The summed E-state index contributed by atoms with van der Waals surface area (Å²) in [5, 5.41) is 4.64. The lowest BCUT2D eigenvalue weighted by Crippen LogP contribution is -2.44. The summed E-state index contributed by atoms with van der Waals surface area (Å²) in [7, 11) is 1.46. The predicted molar refractivity (Wildman–Crippen MR) is 131 cm³/mol. The summed E-state index contributed by atoms with van der Waals surface area (Å²) < 4.78 is 21.6. The Morgan fingerprint density at radius 3 is 2.50 bits per heavy atom. The Labute approximate surface area is 201 Å². The molecule has 0 bridgehead atoms. The number of hydrogen-bond donors (Lipinski definition) is 1. The topological polar surface area (TPSA) is 82.1 Å². The molecule has 1 saturated carbocycles. The lowest BCUT2D eigenvalue weighted by atomic mass is 9.79. The molecule has 0 radical (unpaired) electrons. The van der Waals surface area contributed by atoms with Crippen molar-refractivity contribution in [1.29, 1.82) is 0 Å². The second-order valence-corrected chi connectivity index (χ2v) is 10.00. The van der Waals surface area contributed by atoms with Crippen molar-refractivity contribution in [2.75, 3.05) is 20.2 Å². The Balaban J connectivity index is 1.58. The number of amides is 1. The maximum atomic E-state index is 14.2. The molecule has 7 nitrogen and oxygen atoms in total. The van der Waals surface area contributed by atoms with Gasteiger partial charge in [0.25, 0.3) is 0 Å². The molecule has 1 aromatic heterocycles. The number of benzene rings is 1. The molecular weight excluding hydrogens is 435 g/mol. The average Bonchev–Trinajstić information content (AvgIpc) is 3.13. The number of piperidine rings is 1. The highest BCUT2D eigenvalue weighted by atomic mass is 19.1. The fourth-order valence-electron chi connectivity index (χ4n) is 5.96. The van der Waals surface area contributed by atoms with E-state index >= 15 is 0 Å². The molecule has 0 atom stereocenters. The van der Waals surface area contributed by atoms with Gasteiger partial charge in [0.15, 0.2) is 0 Å². The first-order valence-corrected chi connectivity index (χ1v) is 12.4. The largest absolute Gasteiger partial charge is 0.443 e. The third-order valence-corrected chi connectivity index (χ3v) is 7.81. The molecule has 0 spiro atoms. The highest BCUT2D eigenvalue weighted by Gasteiger charge is 2.32. The minimum absolute atomic E-state index is 0.00384. The van der Waals surface area contributed by atoms with Crippen molar-refractivity contribution in [2.24, 2.45) is 22.7 Å². The minimum Gasteiger partial charge on any atom is -0.443 e. The molecule has 2 heterocycles. The van der Waals surface area contributed by atoms with Gasteiger partial charge >= 0.3 is 6.09 Å². The number of halogens is 1. The minimum atomic E-state index is -0.843. The first-order valence-electron chi connectivity index (χ1n) is 12.4. The van der Waals surface area contributed by atoms with Crippen LogP contribution in [0.3, 0.4) is 0 Å². The summed E-state index contributed by atoms with van der Waals surface area (Å²) in [6.45, 7) is 6.74. The van der Waals surface area contributed by atoms with Crippen LogP contribution in [0, 0.1) is 17.7 Å². The molecule has 1 amide bonds. The second kappa shape index (κ2) is 10.8. The Morgan fingerprint density at radius 1 is 1.18 bits per heavy atom. The van der Waals surface area contributed by atoms with Gasteiger partial charge < -0.3 is 24.8 Å². The number of nitrogens with zero attached hydrogens (tertiary/aromatic N) is 3. The monoisotopic (exact) mass is 472 g/mol. The Hall–Kier alpha value is -2.61. The number of rotatable bonds is 7. The Morgan fingerprint density at radius 2 is 1.88 bits per heavy atom. The summed E-state index contributed by atoms with van der Waals surface area (Å²) >= 11 is 0. The van der Waals surface area contributed by atoms with Gasteiger partial charge in [0, 0.05) is 41.6 Å². The molecule has 1 aromatic carbocycles. The number of carbonyl (C=O) groups is 1. The molecule has 186 valence electrons. The number of hydrogen-bond acceptors (Lipinski definition) is 5. The van der Waals surface area contributed by atoms with Gasteiger partial charge in [-0.3, -0.25) is 0 Å². The summed E-state index contributed by atoms with van der Waals surface area (Å²) in [5.41, 5.74) is 7.62. The molecule has 2 aromatic rings. The first-order chi connectivity index (χ1) is 16.4. The van der Waals surface area contributed by atoms with Crippen LogP contribution in [0.5, 0.6) is 0 Å². The van der Waals surface area contributed by atoms with Crippen LogP contribution in [0.2, 0.25) is 0 Å². The molecule has 2 N–H and O–H groups in total. The van der Waals surface area contributed by atoms with E-state index in [0.717, 1.165) is 54.4 Å². The molecule has 2 fully saturated rings. The number of nitrogens with two attached hydrogens (primary N) is 1. The number of aromatic nitrogens is 1. The highest BCUT2D eigenvalue weighted by Crippen LogP contribution is 2.37. The van der Waals surface area contributed by atoms with E-state index in [9.17, 15) is 9.18 Å². The second-order valence-electron chi connectivity index (χ2n) is 10.00. The van der Waals surface area contributed by atoms with Gasteiger partial charge in [-0.05, 0) is 68.6 Å². The molecular formula is C26H37FN4O3. The van der Waals surface area contributed by atoms with Crippen LogP contribution < -0.4 is 5.73 Å². The number of primary amides is 1. The van der Waals surface area contributed by atoms with E-state index in [1.54, 1.807) is 12.3 Å². The van der Waals surface area contributed by atoms with Crippen molar-refractivity contribution in [3.05, 3.63) is 35.3 Å². The maximum Gasteiger partial charge on any atom is 0.404 e. The number of oxime groups is 1. The van der Waals surface area contributed by atoms with Gasteiger partial charge in [0.05, 0.1) is 11.9 Å². The highest BCUT2D eigenvalue weighted by molar-refractivity contribution is 6.01. The normalized spacial score (nSPS) is 22.6. The summed E-state index contributed by atoms with van der Waals surface area (Å²) in [4.78, 5) is 19.0. The SMILES string of the molecule is CO/N=C\c1c(COC(N)=O)n(C2CCN(C3CCC(C(C)C)CC3)CC2)c2ccc(F)cc12. The van der Waals surface area contributed by atoms with Crippen molar-refractivity contribution in [3.8, 4) is 0 Å². The zero-order valence-electron chi connectivity index (χ0n) is 20.5. The number of likely N-dealkylation sites (tertiary alicyclic amines) is 1. The van der Waals surface area contributed by atoms with Gasteiger partial charge in [-0.2, -0.15) is 0 Å². The van der Waals surface area contributed by atoms with Crippen LogP contribution >= 0.6 is 0 Å². The fourth-order valence-corrected chi connectivity index (χ4v) is 5.96. The summed E-state index contributed by atoms with van der Waals surface area (Å²) in [5.74, 6) is 1.31. The fraction of sp³-hybridized carbons (Fsp3) is 0.615. The summed E-state index contributed by atoms with van der Waals surface area (Å²) in [6, 6.07) is 5.65. The zero-order valence-corrected chi connectivity index (χ0v) is 20.5. The first kappa shape index (κ1) is 24.5. The van der Waals surface area contributed by atoms with E-state index in [2.05, 4.69) is 28.5 Å².